The van der Waals surface area contributed by atoms with Crippen molar-refractivity contribution in [3.8, 4) is 0 Å². The highest BCUT2D eigenvalue weighted by molar-refractivity contribution is 4.94. The second kappa shape index (κ2) is 7.80. The van der Waals surface area contributed by atoms with E-state index in [1.165, 1.54) is 24.8 Å². The summed E-state index contributed by atoms with van der Waals surface area (Å²) in [6.45, 7) is 8.09. The lowest BCUT2D eigenvalue weighted by Gasteiger charge is -2.01. The van der Waals surface area contributed by atoms with Gasteiger partial charge in [-0.25, -0.2) is 0 Å². The molecule has 11 heavy (non-hydrogen) atoms. The van der Waals surface area contributed by atoms with E-state index in [0.29, 0.717) is 0 Å². The molecule has 0 amide bonds. The molecule has 0 aliphatic rings. The fourth-order valence-electron chi connectivity index (χ4n) is 0.897. The van der Waals surface area contributed by atoms with Gasteiger partial charge in [0.1, 0.15) is 0 Å². The predicted molar refractivity (Wildman–Crippen MR) is 49.8 cm³/mol. The van der Waals surface area contributed by atoms with Gasteiger partial charge in [0.05, 0.1) is 0 Å². The van der Waals surface area contributed by atoms with Crippen LogP contribution in [-0.4, -0.2) is 13.2 Å². The summed E-state index contributed by atoms with van der Waals surface area (Å²) >= 11 is 0. The monoisotopic (exact) mass is 156 g/mol. The maximum Gasteiger partial charge on any atom is 0.0466 e. The zero-order valence-corrected chi connectivity index (χ0v) is 8.02. The molecule has 0 saturated carbocycles. The lowest BCUT2D eigenvalue weighted by atomic mass is 10.1. The van der Waals surface area contributed by atoms with Crippen molar-refractivity contribution in [2.24, 2.45) is 0 Å². The fraction of sp³-hybridized carbons (Fsp3) is 0.800. The van der Waals surface area contributed by atoms with Crippen LogP contribution in [0.1, 0.15) is 40.0 Å². The number of rotatable bonds is 6. The van der Waals surface area contributed by atoms with Crippen LogP contribution in [-0.2, 0) is 4.74 Å². The van der Waals surface area contributed by atoms with E-state index in [1.807, 2.05) is 6.92 Å². The molecule has 0 radical (unpaired) electrons. The number of allylic oxidation sites excluding steroid dienone is 2. The molecule has 0 aliphatic heterocycles. The van der Waals surface area contributed by atoms with E-state index in [-0.39, 0.29) is 0 Å². The van der Waals surface area contributed by atoms with Crippen LogP contribution < -0.4 is 0 Å². The molecule has 0 atom stereocenters. The normalized spacial score (nSPS) is 12.1. The molecule has 0 N–H and O–H groups in total. The standard InChI is InChI=1S/C10H20O/c1-4-10(3)8-6-7-9-11-5-2/h4H,5-9H2,1-3H3. The van der Waals surface area contributed by atoms with Crippen molar-refractivity contribution < 1.29 is 4.74 Å². The maximum absolute atomic E-state index is 5.23. The van der Waals surface area contributed by atoms with Gasteiger partial charge in [0.15, 0.2) is 0 Å². The van der Waals surface area contributed by atoms with Gasteiger partial charge in [-0.15, -0.1) is 0 Å². The molecule has 0 rings (SSSR count). The fourth-order valence-corrected chi connectivity index (χ4v) is 0.897. The lowest BCUT2D eigenvalue weighted by Crippen LogP contribution is -1.92. The van der Waals surface area contributed by atoms with Crippen molar-refractivity contribution >= 4 is 0 Å². The average molecular weight is 156 g/mol. The Bertz CT molecular complexity index is 105. The van der Waals surface area contributed by atoms with Crippen molar-refractivity contribution in [3.63, 3.8) is 0 Å². The molecule has 0 fully saturated rings. The molecule has 0 bridgehead atoms. The van der Waals surface area contributed by atoms with Gasteiger partial charge in [-0.3, -0.25) is 0 Å². The van der Waals surface area contributed by atoms with Gasteiger partial charge in [-0.05, 0) is 40.0 Å². The zero-order chi connectivity index (χ0) is 8.53. The Morgan fingerprint density at radius 3 is 2.64 bits per heavy atom. The highest BCUT2D eigenvalue weighted by Crippen LogP contribution is 2.05. The third-order valence-electron chi connectivity index (χ3n) is 1.81. The van der Waals surface area contributed by atoms with Gasteiger partial charge in [0, 0.05) is 13.2 Å². The first-order chi connectivity index (χ1) is 5.31. The van der Waals surface area contributed by atoms with Crippen molar-refractivity contribution in [1.29, 1.82) is 0 Å². The maximum atomic E-state index is 5.23. The molecule has 0 spiro atoms. The third kappa shape index (κ3) is 7.60. The van der Waals surface area contributed by atoms with Gasteiger partial charge in [0.2, 0.25) is 0 Å². The summed E-state index contributed by atoms with van der Waals surface area (Å²) in [6.07, 6.45) is 5.86. The van der Waals surface area contributed by atoms with Gasteiger partial charge >= 0.3 is 0 Å². The Balaban J connectivity index is 3.02. The van der Waals surface area contributed by atoms with Crippen LogP contribution in [0.25, 0.3) is 0 Å². The van der Waals surface area contributed by atoms with E-state index in [4.69, 9.17) is 4.74 Å². The van der Waals surface area contributed by atoms with Gasteiger partial charge < -0.3 is 4.74 Å². The van der Waals surface area contributed by atoms with E-state index in [2.05, 4.69) is 19.9 Å². The number of unbranched alkanes of at least 4 members (excludes halogenated alkanes) is 1. The molecule has 0 heterocycles. The smallest absolute Gasteiger partial charge is 0.0466 e. The third-order valence-corrected chi connectivity index (χ3v) is 1.81. The molecule has 0 unspecified atom stereocenters. The predicted octanol–water partition coefficient (Wildman–Crippen LogP) is 3.16. The zero-order valence-electron chi connectivity index (χ0n) is 8.02. The SMILES string of the molecule is CC=C(C)CCCCOCC. The first-order valence-corrected chi connectivity index (χ1v) is 4.50. The van der Waals surface area contributed by atoms with Gasteiger partial charge in [0.25, 0.3) is 0 Å². The van der Waals surface area contributed by atoms with Crippen LogP contribution in [0.3, 0.4) is 0 Å². The Labute approximate surface area is 70.4 Å². The van der Waals surface area contributed by atoms with Crippen LogP contribution in [0.15, 0.2) is 11.6 Å². The molecular weight excluding hydrogens is 136 g/mol. The van der Waals surface area contributed by atoms with Crippen molar-refractivity contribution in [3.05, 3.63) is 11.6 Å². The van der Waals surface area contributed by atoms with Gasteiger partial charge in [-0.1, -0.05) is 11.6 Å². The molecule has 1 nitrogen and oxygen atoms in total. The summed E-state index contributed by atoms with van der Waals surface area (Å²) < 4.78 is 5.23. The minimum absolute atomic E-state index is 0.850. The summed E-state index contributed by atoms with van der Waals surface area (Å²) in [4.78, 5) is 0. The quantitative estimate of drug-likeness (QED) is 0.424. The summed E-state index contributed by atoms with van der Waals surface area (Å²) in [5, 5.41) is 0. The van der Waals surface area contributed by atoms with Crippen LogP contribution in [0.5, 0.6) is 0 Å². The molecule has 0 saturated heterocycles. The summed E-state index contributed by atoms with van der Waals surface area (Å²) in [6, 6.07) is 0. The van der Waals surface area contributed by atoms with E-state index in [1.54, 1.807) is 0 Å². The first-order valence-electron chi connectivity index (χ1n) is 4.50. The molecule has 1 heteroatoms. The first kappa shape index (κ1) is 10.7. The van der Waals surface area contributed by atoms with Crippen molar-refractivity contribution in [1.82, 2.24) is 0 Å². The Morgan fingerprint density at radius 1 is 1.36 bits per heavy atom. The second-order valence-corrected chi connectivity index (χ2v) is 2.79. The highest BCUT2D eigenvalue weighted by atomic mass is 16.5. The number of hydrogen-bond donors (Lipinski definition) is 0. The van der Waals surface area contributed by atoms with Crippen molar-refractivity contribution in [2.75, 3.05) is 13.2 Å². The van der Waals surface area contributed by atoms with E-state index in [0.717, 1.165) is 13.2 Å². The van der Waals surface area contributed by atoms with Gasteiger partial charge in [-0.2, -0.15) is 0 Å². The molecule has 66 valence electrons. The van der Waals surface area contributed by atoms with Crippen LogP contribution in [0.4, 0.5) is 0 Å². The van der Waals surface area contributed by atoms with Crippen LogP contribution in [0.2, 0.25) is 0 Å². The molecule has 0 aliphatic carbocycles. The minimum atomic E-state index is 0.850. The average Bonchev–Trinajstić information content (AvgIpc) is 2.04. The lowest BCUT2D eigenvalue weighted by molar-refractivity contribution is 0.143. The summed E-state index contributed by atoms with van der Waals surface area (Å²) in [7, 11) is 0. The Hall–Kier alpha value is -0.300. The summed E-state index contributed by atoms with van der Waals surface area (Å²) in [5.41, 5.74) is 1.49. The molecular formula is C10H20O. The Morgan fingerprint density at radius 2 is 2.09 bits per heavy atom. The van der Waals surface area contributed by atoms with Crippen LogP contribution in [0, 0.1) is 0 Å². The Kier molecular flexibility index (Phi) is 7.59. The molecule has 0 aromatic heterocycles. The second-order valence-electron chi connectivity index (χ2n) is 2.79. The molecule has 0 aromatic rings. The summed E-state index contributed by atoms with van der Waals surface area (Å²) in [5.74, 6) is 0. The van der Waals surface area contributed by atoms with Crippen LogP contribution >= 0.6 is 0 Å². The highest BCUT2D eigenvalue weighted by Gasteiger charge is 1.89. The minimum Gasteiger partial charge on any atom is -0.382 e. The largest absolute Gasteiger partial charge is 0.382 e. The molecule has 0 aromatic carbocycles. The van der Waals surface area contributed by atoms with E-state index in [9.17, 15) is 0 Å². The van der Waals surface area contributed by atoms with E-state index < -0.39 is 0 Å². The van der Waals surface area contributed by atoms with E-state index >= 15 is 0 Å². The van der Waals surface area contributed by atoms with Crippen molar-refractivity contribution in [2.45, 2.75) is 40.0 Å². The topological polar surface area (TPSA) is 9.23 Å². The number of hydrogen-bond acceptors (Lipinski definition) is 1. The number of ether oxygens (including phenoxy) is 1.